The first-order valence-electron chi connectivity index (χ1n) is 10.8. The molecule has 0 aliphatic carbocycles. The second-order valence-corrected chi connectivity index (χ2v) is 8.05. The van der Waals surface area contributed by atoms with Crippen LogP contribution in [0.25, 0.3) is 6.08 Å². The van der Waals surface area contributed by atoms with Gasteiger partial charge in [-0.05, 0) is 53.8 Å². The number of methoxy groups -OCH3 is 1. The molecular weight excluding hydrogens is 398 g/mol. The van der Waals surface area contributed by atoms with Gasteiger partial charge in [-0.1, -0.05) is 54.1 Å². The van der Waals surface area contributed by atoms with Crippen molar-refractivity contribution in [2.24, 2.45) is 0 Å². The van der Waals surface area contributed by atoms with Crippen LogP contribution in [0, 0.1) is 12.3 Å². The van der Waals surface area contributed by atoms with Gasteiger partial charge in [-0.3, -0.25) is 0 Å². The lowest BCUT2D eigenvalue weighted by Crippen LogP contribution is -2.28. The summed E-state index contributed by atoms with van der Waals surface area (Å²) in [5.74, 6) is 1.51. The Morgan fingerprint density at radius 3 is 2.75 bits per heavy atom. The third-order valence-corrected chi connectivity index (χ3v) is 5.74. The average Bonchev–Trinajstić information content (AvgIpc) is 2.80. The maximum absolute atomic E-state index is 7.39. The molecule has 0 spiro atoms. The molecule has 0 bridgehead atoms. The molecule has 0 radical (unpaired) electrons. The number of rotatable bonds is 7. The molecular formula is C27H29N3O2. The number of anilines is 1. The molecule has 5 heteroatoms. The van der Waals surface area contributed by atoms with Crippen molar-refractivity contribution in [3.63, 3.8) is 0 Å². The summed E-state index contributed by atoms with van der Waals surface area (Å²) in [4.78, 5) is 0. The summed E-state index contributed by atoms with van der Waals surface area (Å²) in [5, 5.41) is 11.0. The lowest BCUT2D eigenvalue weighted by Gasteiger charge is -2.26. The Morgan fingerprint density at radius 1 is 1.12 bits per heavy atom. The van der Waals surface area contributed by atoms with Crippen LogP contribution in [0.2, 0.25) is 0 Å². The van der Waals surface area contributed by atoms with Crippen LogP contribution in [-0.2, 0) is 13.0 Å². The molecule has 3 aromatic carbocycles. The van der Waals surface area contributed by atoms with Crippen LogP contribution in [-0.4, -0.2) is 19.9 Å². The fourth-order valence-electron chi connectivity index (χ4n) is 4.04. The molecule has 1 aliphatic heterocycles. The van der Waals surface area contributed by atoms with Crippen molar-refractivity contribution in [2.45, 2.75) is 26.0 Å². The highest BCUT2D eigenvalue weighted by molar-refractivity contribution is 5.85. The second-order valence-electron chi connectivity index (χ2n) is 8.05. The normalized spacial score (nSPS) is 15.4. The SMILES string of the molecule is COc1cc2c(cc1OCc1cccc(C)c1)CCNC2/C=C/c1ccc(C=N)c(N)c1. The summed E-state index contributed by atoms with van der Waals surface area (Å²) in [6.07, 6.45) is 6.41. The van der Waals surface area contributed by atoms with Crippen LogP contribution in [0.5, 0.6) is 11.5 Å². The number of nitrogen functional groups attached to an aromatic ring is 1. The van der Waals surface area contributed by atoms with E-state index in [0.29, 0.717) is 12.3 Å². The quantitative estimate of drug-likeness (QED) is 0.364. The zero-order valence-corrected chi connectivity index (χ0v) is 18.5. The van der Waals surface area contributed by atoms with E-state index in [9.17, 15) is 0 Å². The highest BCUT2D eigenvalue weighted by Crippen LogP contribution is 2.36. The van der Waals surface area contributed by atoms with E-state index in [2.05, 4.69) is 54.7 Å². The van der Waals surface area contributed by atoms with Crippen molar-refractivity contribution in [1.82, 2.24) is 5.32 Å². The number of nitrogens with one attached hydrogen (secondary N) is 2. The van der Waals surface area contributed by atoms with E-state index < -0.39 is 0 Å². The van der Waals surface area contributed by atoms with Crippen molar-refractivity contribution in [1.29, 1.82) is 5.41 Å². The van der Waals surface area contributed by atoms with E-state index in [4.69, 9.17) is 20.6 Å². The maximum atomic E-state index is 7.39. The highest BCUT2D eigenvalue weighted by Gasteiger charge is 2.21. The van der Waals surface area contributed by atoms with Gasteiger partial charge in [-0.25, -0.2) is 0 Å². The van der Waals surface area contributed by atoms with Gasteiger partial charge in [-0.15, -0.1) is 0 Å². The lowest BCUT2D eigenvalue weighted by molar-refractivity contribution is 0.283. The molecule has 5 nitrogen and oxygen atoms in total. The Labute approximate surface area is 189 Å². The number of fused-ring (bicyclic) bond motifs is 1. The number of nitrogens with two attached hydrogens (primary N) is 1. The number of aryl methyl sites for hydroxylation is 1. The van der Waals surface area contributed by atoms with E-state index in [0.717, 1.165) is 41.2 Å². The van der Waals surface area contributed by atoms with Gasteiger partial charge in [-0.2, -0.15) is 0 Å². The van der Waals surface area contributed by atoms with Crippen LogP contribution in [0.3, 0.4) is 0 Å². The number of hydrogen-bond donors (Lipinski definition) is 3. The summed E-state index contributed by atoms with van der Waals surface area (Å²) >= 11 is 0. The van der Waals surface area contributed by atoms with Gasteiger partial charge < -0.3 is 25.9 Å². The van der Waals surface area contributed by atoms with Crippen LogP contribution in [0.4, 0.5) is 5.69 Å². The second kappa shape index (κ2) is 9.71. The molecule has 3 aromatic rings. The summed E-state index contributed by atoms with van der Waals surface area (Å²) in [5.41, 5.74) is 13.2. The third kappa shape index (κ3) is 4.84. The van der Waals surface area contributed by atoms with Gasteiger partial charge in [0.15, 0.2) is 11.5 Å². The van der Waals surface area contributed by atoms with E-state index in [-0.39, 0.29) is 6.04 Å². The van der Waals surface area contributed by atoms with Crippen LogP contribution >= 0.6 is 0 Å². The van der Waals surface area contributed by atoms with Crippen LogP contribution in [0.1, 0.15) is 39.4 Å². The molecule has 1 aliphatic rings. The largest absolute Gasteiger partial charge is 0.493 e. The van der Waals surface area contributed by atoms with E-state index in [1.54, 1.807) is 7.11 Å². The first-order chi connectivity index (χ1) is 15.6. The summed E-state index contributed by atoms with van der Waals surface area (Å²) in [6, 6.07) is 18.3. The highest BCUT2D eigenvalue weighted by atomic mass is 16.5. The van der Waals surface area contributed by atoms with E-state index in [1.165, 1.54) is 22.9 Å². The fourth-order valence-corrected chi connectivity index (χ4v) is 4.04. The van der Waals surface area contributed by atoms with E-state index in [1.807, 2.05) is 24.3 Å². The van der Waals surface area contributed by atoms with Gasteiger partial charge in [0.05, 0.1) is 13.2 Å². The molecule has 32 heavy (non-hydrogen) atoms. The molecule has 1 unspecified atom stereocenters. The first kappa shape index (κ1) is 21.7. The van der Waals surface area contributed by atoms with Crippen molar-refractivity contribution in [2.75, 3.05) is 19.4 Å². The number of hydrogen-bond acceptors (Lipinski definition) is 5. The number of ether oxygens (including phenoxy) is 2. The predicted molar refractivity (Wildman–Crippen MR) is 131 cm³/mol. The van der Waals surface area contributed by atoms with Crippen molar-refractivity contribution >= 4 is 18.0 Å². The molecule has 0 saturated heterocycles. The smallest absolute Gasteiger partial charge is 0.161 e. The maximum Gasteiger partial charge on any atom is 0.161 e. The minimum atomic E-state index is 0.0714. The van der Waals surface area contributed by atoms with Crippen molar-refractivity contribution < 1.29 is 9.47 Å². The Balaban J connectivity index is 1.56. The van der Waals surface area contributed by atoms with Gasteiger partial charge in [0.1, 0.15) is 6.61 Å². The molecule has 1 heterocycles. The molecule has 4 N–H and O–H groups in total. The zero-order valence-electron chi connectivity index (χ0n) is 18.5. The average molecular weight is 428 g/mol. The Bertz CT molecular complexity index is 1150. The standard InChI is InChI=1S/C27H29N3O2/c1-18-4-3-5-20(12-18)17-32-27-14-21-10-11-30-25(23(21)15-26(27)31-2)9-7-19-6-8-22(16-28)24(29)13-19/h3-9,12-16,25,28,30H,10-11,17,29H2,1-2H3/b9-7+,28-16?. The number of benzene rings is 3. The monoisotopic (exact) mass is 427 g/mol. The van der Waals surface area contributed by atoms with Gasteiger partial charge in [0, 0.05) is 24.0 Å². The molecule has 4 rings (SSSR count). The van der Waals surface area contributed by atoms with E-state index >= 15 is 0 Å². The third-order valence-electron chi connectivity index (χ3n) is 5.74. The molecule has 0 fully saturated rings. The Hall–Kier alpha value is -3.57. The van der Waals surface area contributed by atoms with Gasteiger partial charge in [0.2, 0.25) is 0 Å². The minimum Gasteiger partial charge on any atom is -0.493 e. The molecule has 0 aromatic heterocycles. The molecule has 0 amide bonds. The van der Waals surface area contributed by atoms with Crippen molar-refractivity contribution in [3.8, 4) is 11.5 Å². The summed E-state index contributed by atoms with van der Waals surface area (Å²) in [7, 11) is 1.68. The molecule has 0 saturated carbocycles. The van der Waals surface area contributed by atoms with Crippen LogP contribution < -0.4 is 20.5 Å². The Morgan fingerprint density at radius 2 is 2.00 bits per heavy atom. The van der Waals surface area contributed by atoms with Gasteiger partial charge in [0.25, 0.3) is 0 Å². The fraction of sp³-hybridized carbons (Fsp3) is 0.222. The topological polar surface area (TPSA) is 80.4 Å². The predicted octanol–water partition coefficient (Wildman–Crippen LogP) is 5.06. The Kier molecular flexibility index (Phi) is 6.57. The zero-order chi connectivity index (χ0) is 22.5. The summed E-state index contributed by atoms with van der Waals surface area (Å²) < 4.78 is 11.8. The lowest BCUT2D eigenvalue weighted by atomic mass is 9.93. The van der Waals surface area contributed by atoms with Crippen LogP contribution in [0.15, 0.2) is 60.7 Å². The van der Waals surface area contributed by atoms with Crippen molar-refractivity contribution in [3.05, 3.63) is 94.1 Å². The minimum absolute atomic E-state index is 0.0714. The molecule has 1 atom stereocenters. The first-order valence-corrected chi connectivity index (χ1v) is 10.8. The summed E-state index contributed by atoms with van der Waals surface area (Å²) in [6.45, 7) is 3.48. The van der Waals surface area contributed by atoms with Gasteiger partial charge >= 0.3 is 0 Å². The molecule has 164 valence electrons.